The zero-order valence-electron chi connectivity index (χ0n) is 17.3. The second kappa shape index (κ2) is 7.86. The van der Waals surface area contributed by atoms with Crippen molar-refractivity contribution in [3.8, 4) is 0 Å². The summed E-state index contributed by atoms with van der Waals surface area (Å²) in [7, 11) is 1.78. The van der Waals surface area contributed by atoms with Gasteiger partial charge in [0.2, 0.25) is 0 Å². The van der Waals surface area contributed by atoms with Gasteiger partial charge in [0, 0.05) is 30.7 Å². The van der Waals surface area contributed by atoms with Crippen LogP contribution in [0.2, 0.25) is 0 Å². The number of hydrogen-bond acceptors (Lipinski definition) is 6. The number of fused-ring (bicyclic) bond motifs is 1. The number of pyridine rings is 1. The third kappa shape index (κ3) is 3.93. The molecule has 0 fully saturated rings. The first kappa shape index (κ1) is 20.0. The van der Waals surface area contributed by atoms with Gasteiger partial charge in [0.05, 0.1) is 22.8 Å². The molecule has 4 rings (SSSR count). The number of anilines is 3. The van der Waals surface area contributed by atoms with E-state index in [0.29, 0.717) is 33.5 Å². The maximum atomic E-state index is 13.1. The van der Waals surface area contributed by atoms with Gasteiger partial charge in [0.1, 0.15) is 17.8 Å². The second-order valence-corrected chi connectivity index (χ2v) is 7.30. The Morgan fingerprint density at radius 1 is 1.06 bits per heavy atom. The number of carbonyl (C=O) groups excluding carboxylic acids is 2. The molecule has 0 aliphatic carbocycles. The normalized spacial score (nSPS) is 10.8. The van der Waals surface area contributed by atoms with Gasteiger partial charge in [-0.1, -0.05) is 17.7 Å². The highest BCUT2D eigenvalue weighted by Crippen LogP contribution is 2.26. The zero-order valence-corrected chi connectivity index (χ0v) is 17.3. The van der Waals surface area contributed by atoms with E-state index in [0.717, 1.165) is 11.1 Å². The molecule has 2 amide bonds. The first-order valence-electron chi connectivity index (χ1n) is 9.54. The Bertz CT molecular complexity index is 1330. The predicted molar refractivity (Wildman–Crippen MR) is 119 cm³/mol. The zero-order chi connectivity index (χ0) is 22.1. The minimum absolute atomic E-state index is 0.226. The minimum Gasteiger partial charge on any atom is -0.383 e. The molecule has 0 aliphatic rings. The molecule has 0 atom stereocenters. The standard InChI is InChI=1S/C22H21N7O2/c1-12-4-5-17(13(2)6-12)28-22(31)27-15-7-14(8-24-9-15)19(30)16-10-29(3)21-18(16)20(23)25-11-26-21/h4-11H,1-3H3,(H2,23,25,26)(H2,27,28,31). The molecule has 0 aliphatic heterocycles. The van der Waals surface area contributed by atoms with Crippen molar-refractivity contribution >= 4 is 40.0 Å². The van der Waals surface area contributed by atoms with Gasteiger partial charge >= 0.3 is 6.03 Å². The van der Waals surface area contributed by atoms with Gasteiger partial charge in [-0.2, -0.15) is 0 Å². The molecule has 1 aromatic carbocycles. The van der Waals surface area contributed by atoms with Gasteiger partial charge in [0.25, 0.3) is 0 Å². The number of rotatable bonds is 4. The Morgan fingerprint density at radius 3 is 2.65 bits per heavy atom. The minimum atomic E-state index is -0.429. The van der Waals surface area contributed by atoms with E-state index in [1.165, 1.54) is 18.7 Å². The number of aryl methyl sites for hydroxylation is 3. The molecule has 0 bridgehead atoms. The van der Waals surface area contributed by atoms with Crippen LogP contribution in [0.25, 0.3) is 11.0 Å². The summed E-state index contributed by atoms with van der Waals surface area (Å²) in [5.74, 6) is -0.0675. The van der Waals surface area contributed by atoms with Gasteiger partial charge in [0.15, 0.2) is 5.78 Å². The van der Waals surface area contributed by atoms with Gasteiger partial charge in [-0.05, 0) is 31.5 Å². The van der Waals surface area contributed by atoms with Crippen LogP contribution < -0.4 is 16.4 Å². The van der Waals surface area contributed by atoms with Crippen LogP contribution >= 0.6 is 0 Å². The highest BCUT2D eigenvalue weighted by atomic mass is 16.2. The van der Waals surface area contributed by atoms with E-state index in [4.69, 9.17) is 5.73 Å². The second-order valence-electron chi connectivity index (χ2n) is 7.30. The number of amides is 2. The lowest BCUT2D eigenvalue weighted by Gasteiger charge is -2.11. The monoisotopic (exact) mass is 415 g/mol. The third-order valence-corrected chi connectivity index (χ3v) is 4.92. The van der Waals surface area contributed by atoms with E-state index in [1.54, 1.807) is 23.9 Å². The van der Waals surface area contributed by atoms with Crippen LogP contribution in [0.1, 0.15) is 27.0 Å². The molecule has 0 spiro atoms. The number of nitrogens with zero attached hydrogens (tertiary/aromatic N) is 4. The maximum Gasteiger partial charge on any atom is 0.323 e. The quantitative estimate of drug-likeness (QED) is 0.438. The van der Waals surface area contributed by atoms with E-state index in [9.17, 15) is 9.59 Å². The summed E-state index contributed by atoms with van der Waals surface area (Å²) in [6.07, 6.45) is 5.92. The average molecular weight is 415 g/mol. The molecule has 4 aromatic rings. The molecular weight excluding hydrogens is 394 g/mol. The van der Waals surface area contributed by atoms with Crippen LogP contribution in [-0.2, 0) is 7.05 Å². The Hall–Kier alpha value is -4.27. The lowest BCUT2D eigenvalue weighted by Crippen LogP contribution is -2.20. The fourth-order valence-electron chi connectivity index (χ4n) is 3.43. The lowest BCUT2D eigenvalue weighted by atomic mass is 10.1. The fourth-order valence-corrected chi connectivity index (χ4v) is 3.43. The van der Waals surface area contributed by atoms with Crippen molar-refractivity contribution in [2.75, 3.05) is 16.4 Å². The number of benzene rings is 1. The first-order chi connectivity index (χ1) is 14.8. The van der Waals surface area contributed by atoms with Crippen molar-refractivity contribution in [1.82, 2.24) is 19.5 Å². The molecule has 9 nitrogen and oxygen atoms in total. The molecule has 0 unspecified atom stereocenters. The van der Waals surface area contributed by atoms with Gasteiger partial charge in [-0.3, -0.25) is 9.78 Å². The molecule has 31 heavy (non-hydrogen) atoms. The van der Waals surface area contributed by atoms with Crippen molar-refractivity contribution in [3.05, 3.63) is 71.4 Å². The van der Waals surface area contributed by atoms with Gasteiger partial charge < -0.3 is 20.9 Å². The molecule has 0 saturated carbocycles. The van der Waals surface area contributed by atoms with Crippen LogP contribution in [0.4, 0.5) is 22.0 Å². The smallest absolute Gasteiger partial charge is 0.323 e. The van der Waals surface area contributed by atoms with E-state index < -0.39 is 6.03 Å². The largest absolute Gasteiger partial charge is 0.383 e. The summed E-state index contributed by atoms with van der Waals surface area (Å²) < 4.78 is 1.72. The average Bonchev–Trinajstić information content (AvgIpc) is 3.08. The first-order valence-corrected chi connectivity index (χ1v) is 9.54. The van der Waals surface area contributed by atoms with Crippen LogP contribution in [0.5, 0.6) is 0 Å². The van der Waals surface area contributed by atoms with Crippen LogP contribution in [0.3, 0.4) is 0 Å². The molecule has 3 aromatic heterocycles. The van der Waals surface area contributed by atoms with Crippen LogP contribution in [0.15, 0.2) is 49.2 Å². The molecule has 9 heteroatoms. The van der Waals surface area contributed by atoms with E-state index >= 15 is 0 Å². The molecule has 156 valence electrons. The number of hydrogen-bond donors (Lipinski definition) is 3. The molecular formula is C22H21N7O2. The number of urea groups is 1. The van der Waals surface area contributed by atoms with E-state index in [-0.39, 0.29) is 11.6 Å². The van der Waals surface area contributed by atoms with Crippen molar-refractivity contribution in [2.24, 2.45) is 7.05 Å². The summed E-state index contributed by atoms with van der Waals surface area (Å²) in [4.78, 5) is 37.8. The highest BCUT2D eigenvalue weighted by Gasteiger charge is 2.20. The number of nitrogens with two attached hydrogens (primary N) is 1. The predicted octanol–water partition coefficient (Wildman–Crippen LogP) is 3.44. The summed E-state index contributed by atoms with van der Waals surface area (Å²) in [5.41, 5.74) is 10.4. The number of ketones is 1. The number of carbonyl (C=O) groups is 2. The fraction of sp³-hybridized carbons (Fsp3) is 0.136. The van der Waals surface area contributed by atoms with Crippen molar-refractivity contribution < 1.29 is 9.59 Å². The lowest BCUT2D eigenvalue weighted by molar-refractivity contribution is 0.103. The number of aromatic nitrogens is 4. The Labute approximate surface area is 178 Å². The van der Waals surface area contributed by atoms with Crippen molar-refractivity contribution in [2.45, 2.75) is 13.8 Å². The number of nitrogens with one attached hydrogen (secondary N) is 2. The Morgan fingerprint density at radius 2 is 1.87 bits per heavy atom. The Kier molecular flexibility index (Phi) is 5.08. The number of nitrogen functional groups attached to an aromatic ring is 1. The summed E-state index contributed by atoms with van der Waals surface area (Å²) in [6.45, 7) is 3.91. The molecule has 0 radical (unpaired) electrons. The van der Waals surface area contributed by atoms with Gasteiger partial charge in [-0.15, -0.1) is 0 Å². The van der Waals surface area contributed by atoms with Crippen LogP contribution in [-0.4, -0.2) is 31.3 Å². The highest BCUT2D eigenvalue weighted by molar-refractivity contribution is 6.18. The van der Waals surface area contributed by atoms with E-state index in [1.807, 2.05) is 32.0 Å². The SMILES string of the molecule is Cc1ccc(NC(=O)Nc2cncc(C(=O)c3cn(C)c4ncnc(N)c34)c2)c(C)c1. The van der Waals surface area contributed by atoms with E-state index in [2.05, 4.69) is 25.6 Å². The molecule has 0 saturated heterocycles. The third-order valence-electron chi connectivity index (χ3n) is 4.92. The maximum absolute atomic E-state index is 13.1. The van der Waals surface area contributed by atoms with Crippen LogP contribution in [0, 0.1) is 13.8 Å². The topological polar surface area (TPSA) is 128 Å². The van der Waals surface area contributed by atoms with Crippen molar-refractivity contribution in [3.63, 3.8) is 0 Å². The Balaban J connectivity index is 1.57. The van der Waals surface area contributed by atoms with Crippen molar-refractivity contribution in [1.29, 1.82) is 0 Å². The summed E-state index contributed by atoms with van der Waals surface area (Å²) in [6, 6.07) is 6.88. The molecule has 4 N–H and O–H groups in total. The summed E-state index contributed by atoms with van der Waals surface area (Å²) >= 11 is 0. The summed E-state index contributed by atoms with van der Waals surface area (Å²) in [5, 5.41) is 6.00. The molecule has 3 heterocycles. The van der Waals surface area contributed by atoms with Gasteiger partial charge in [-0.25, -0.2) is 14.8 Å².